The van der Waals surface area contributed by atoms with Crippen molar-refractivity contribution in [2.75, 3.05) is 52.1 Å². The number of nitrogens with zero attached hydrogens (tertiary/aromatic N) is 8. The van der Waals surface area contributed by atoms with Gasteiger partial charge in [0.15, 0.2) is 30.2 Å². The number of phosphoric ester groups is 3. The Kier molecular flexibility index (Phi) is 16.9. The van der Waals surface area contributed by atoms with Gasteiger partial charge in [-0.3, -0.25) is 51.4 Å². The summed E-state index contributed by atoms with van der Waals surface area (Å²) in [4.78, 5) is 112. The molecule has 0 radical (unpaired) electrons. The van der Waals surface area contributed by atoms with Crippen LogP contribution in [0, 0.1) is 5.92 Å². The van der Waals surface area contributed by atoms with Crippen molar-refractivity contribution < 1.29 is 113 Å². The van der Waals surface area contributed by atoms with Crippen molar-refractivity contribution in [1.29, 1.82) is 0 Å². The van der Waals surface area contributed by atoms with Crippen LogP contribution in [0.25, 0.3) is 22.3 Å². The maximum absolute atomic E-state index is 13.6. The molecule has 3 aliphatic rings. The number of nitrogen functional groups attached to an aromatic ring is 2. The topological polar surface area (TPSA) is 546 Å². The van der Waals surface area contributed by atoms with Gasteiger partial charge in [-0.2, -0.15) is 8.62 Å². The average molecular weight is 1180 g/mol. The van der Waals surface area contributed by atoms with E-state index < -0.39 is 154 Å². The molecule has 14 N–H and O–H groups in total. The molecule has 0 saturated carbocycles. The zero-order valence-electron chi connectivity index (χ0n) is 39.6. The number of imidazole rings is 2. The lowest BCUT2D eigenvalue weighted by atomic mass is 9.98. The summed E-state index contributed by atoms with van der Waals surface area (Å²) in [6.07, 6.45) is -14.9. The fraction of sp³-hybridized carbons (Fsp3) is 0.559. The fourth-order valence-electron chi connectivity index (χ4n) is 8.40. The highest BCUT2D eigenvalue weighted by molar-refractivity contribution is 7.66. The van der Waals surface area contributed by atoms with Crippen LogP contribution in [0.5, 0.6) is 0 Å². The maximum Gasteiger partial charge on any atom is 0.490 e. The third-order valence-corrected chi connectivity index (χ3v) is 17.0. The van der Waals surface area contributed by atoms with E-state index in [1.165, 1.54) is 27.1 Å². The Labute approximate surface area is 427 Å². The first-order chi connectivity index (χ1) is 36.1. The highest BCUT2D eigenvalue weighted by Gasteiger charge is 2.54. The van der Waals surface area contributed by atoms with E-state index in [9.17, 15) is 72.3 Å². The van der Waals surface area contributed by atoms with Crippen LogP contribution in [0.2, 0.25) is 0 Å². The van der Waals surface area contributed by atoms with Crippen molar-refractivity contribution in [3.05, 3.63) is 62.4 Å². The van der Waals surface area contributed by atoms with Gasteiger partial charge in [0.1, 0.15) is 54.6 Å². The summed E-state index contributed by atoms with van der Waals surface area (Å²) < 4.78 is 114. The monoisotopic (exact) mass is 1180 g/mol. The Balaban J connectivity index is 0.948. The second-order valence-corrected chi connectivity index (χ2v) is 22.8. The average Bonchev–Trinajstić information content (AvgIpc) is 4.19. The minimum absolute atomic E-state index is 0.00570. The van der Waals surface area contributed by atoms with Gasteiger partial charge in [-0.15, -0.1) is 0 Å². The molecule has 3 aliphatic heterocycles. The van der Waals surface area contributed by atoms with Crippen LogP contribution < -0.4 is 38.2 Å². The normalized spacial score (nSPS) is 29.7. The van der Waals surface area contributed by atoms with E-state index in [1.54, 1.807) is 0 Å². The lowest BCUT2D eigenvalue weighted by Crippen LogP contribution is -2.46. The van der Waals surface area contributed by atoms with Gasteiger partial charge >= 0.3 is 48.7 Å². The van der Waals surface area contributed by atoms with Crippen LogP contribution in [-0.2, 0) is 75.7 Å². The number of amides is 1. The van der Waals surface area contributed by atoms with E-state index in [0.717, 1.165) is 43.7 Å². The summed E-state index contributed by atoms with van der Waals surface area (Å²) in [5.41, 5.74) is 9.08. The number of nitrogens with two attached hydrogens (primary N) is 2. The predicted molar refractivity (Wildman–Crippen MR) is 246 cm³/mol. The first-order valence-corrected chi connectivity index (χ1v) is 27.8. The van der Waals surface area contributed by atoms with Crippen molar-refractivity contribution in [3.63, 3.8) is 0 Å². The zero-order chi connectivity index (χ0) is 56.1. The van der Waals surface area contributed by atoms with Gasteiger partial charge < -0.3 is 75.4 Å². The van der Waals surface area contributed by atoms with Crippen LogP contribution in [0.4, 0.5) is 16.6 Å². The number of aryl methyl sites for hydroxylation is 1. The summed E-state index contributed by atoms with van der Waals surface area (Å²) in [6, 6.07) is 0.918. The molecule has 5 aromatic heterocycles. The molecule has 43 heteroatoms. The summed E-state index contributed by atoms with van der Waals surface area (Å²) in [5.74, 6) is -1.65. The Morgan fingerprint density at radius 1 is 0.805 bits per heavy atom. The number of rotatable bonds is 21. The molecule has 77 heavy (non-hydrogen) atoms. The number of aliphatic hydroxyl groups is 3. The maximum atomic E-state index is 13.6. The first kappa shape index (κ1) is 57.9. The van der Waals surface area contributed by atoms with E-state index >= 15 is 0 Å². The molecular formula is C34H48N13O26P4+. The third-order valence-electron chi connectivity index (χ3n) is 11.8. The zero-order valence-corrected chi connectivity index (χ0v) is 43.1. The number of anilines is 2. The predicted octanol–water partition coefficient (Wildman–Crippen LogP) is -4.26. The van der Waals surface area contributed by atoms with Gasteiger partial charge in [-0.25, -0.2) is 47.4 Å². The second-order valence-electron chi connectivity index (χ2n) is 16.8. The van der Waals surface area contributed by atoms with E-state index in [-0.39, 0.29) is 34.1 Å². The number of carbonyl (C=O) groups is 1. The molecule has 0 spiro atoms. The van der Waals surface area contributed by atoms with Crippen molar-refractivity contribution in [2.45, 2.75) is 67.5 Å². The lowest BCUT2D eigenvalue weighted by molar-refractivity contribution is -0.745. The number of hydrogen-bond acceptors (Lipinski definition) is 28. The number of carbonyl (C=O) groups excluding carboxylic acids is 1. The second kappa shape index (κ2) is 22.4. The van der Waals surface area contributed by atoms with Gasteiger partial charge in [0, 0.05) is 31.8 Å². The first-order valence-electron chi connectivity index (χ1n) is 21.8. The van der Waals surface area contributed by atoms with E-state index in [2.05, 4.69) is 43.6 Å². The fourth-order valence-corrected chi connectivity index (χ4v) is 12.9. The number of methoxy groups -OCH3 is 2. The van der Waals surface area contributed by atoms with Gasteiger partial charge in [0.05, 0.1) is 46.4 Å². The number of ether oxygens (including phenoxy) is 5. The Morgan fingerprint density at radius 2 is 1.45 bits per heavy atom. The number of alkyl carbamates (subject to hydrolysis) is 1. The summed E-state index contributed by atoms with van der Waals surface area (Å²) >= 11 is 0. The number of aliphatic hydroxyl groups excluding tert-OH is 3. The van der Waals surface area contributed by atoms with Crippen LogP contribution in [0.1, 0.15) is 18.7 Å². The molecule has 8 heterocycles. The lowest BCUT2D eigenvalue weighted by Gasteiger charge is -2.26. The van der Waals surface area contributed by atoms with Crippen molar-refractivity contribution in [2.24, 2.45) is 13.0 Å². The quantitative estimate of drug-likeness (QED) is 0.0244. The van der Waals surface area contributed by atoms with Gasteiger partial charge in [0.25, 0.3) is 17.1 Å². The molecule has 1 amide bonds. The molecule has 0 bridgehead atoms. The molecule has 8 rings (SSSR count). The number of aromatic amines is 2. The van der Waals surface area contributed by atoms with Crippen molar-refractivity contribution in [1.82, 2.24) is 48.9 Å². The van der Waals surface area contributed by atoms with Crippen LogP contribution in [0.15, 0.2) is 45.6 Å². The highest BCUT2D eigenvalue weighted by Crippen LogP contribution is 2.68. The number of H-pyrrole nitrogens is 2. The number of hydrogen-bond donors (Lipinski definition) is 12. The minimum atomic E-state index is -6.24. The molecule has 16 atom stereocenters. The van der Waals surface area contributed by atoms with Crippen molar-refractivity contribution >= 4 is 71.5 Å². The van der Waals surface area contributed by atoms with Crippen LogP contribution in [-0.4, -0.2) is 174 Å². The number of aromatic nitrogens is 10. The summed E-state index contributed by atoms with van der Waals surface area (Å²) in [6.45, 7) is -3.84. The smallest absolute Gasteiger partial charge is 0.453 e. The van der Waals surface area contributed by atoms with E-state index in [4.69, 9.17) is 48.5 Å². The Hall–Kier alpha value is -5.31. The van der Waals surface area contributed by atoms with Gasteiger partial charge in [0.2, 0.25) is 11.7 Å². The number of fused-ring (bicyclic) bond motifs is 2. The standard InChI is InChI=1S/C34H47N13O26P4/c1-44-12-47(27-19(44)28(52)43-32(36)42-27)29-20(49)13(6-37-34(54)64-3)14(68-29)7-66-75(57,58)72-77(61,62)73-76(59,60)67-9-16-23(24(63-2)31(70-16)46-11-40-18-25(35)38-10-39-26(18)46)71-74(55,56)65-8-15-21(50)22(51)30(69-15)45-5-4-17(48)41-33(45)53/h4-5,10-16,20-24,29-31,49-51H,6-9H2,1-3H3,(H10-,35,36,37,38,39,41,42,43,48,52,53,54,55,56,57,58,59,60,61,62)/p+1/t13-,14-,15-,16-,20-,21-,22-,23-,24-,29-,30-,31-/m1/s1. The van der Waals surface area contributed by atoms with E-state index in [0.29, 0.717) is 0 Å². The van der Waals surface area contributed by atoms with Crippen molar-refractivity contribution in [3.8, 4) is 0 Å². The molecular weight excluding hydrogens is 1130 g/mol. The van der Waals surface area contributed by atoms with Crippen LogP contribution >= 0.6 is 31.3 Å². The minimum Gasteiger partial charge on any atom is -0.453 e. The molecule has 39 nitrogen and oxygen atoms in total. The van der Waals surface area contributed by atoms with Crippen LogP contribution in [0.3, 0.4) is 0 Å². The van der Waals surface area contributed by atoms with E-state index in [1.807, 2.05) is 4.98 Å². The number of nitrogens with one attached hydrogen (secondary N) is 3. The highest BCUT2D eigenvalue weighted by atomic mass is 31.3. The molecule has 0 aromatic carbocycles. The Morgan fingerprint density at radius 3 is 2.12 bits per heavy atom. The molecule has 5 aromatic rings. The molecule has 3 saturated heterocycles. The van der Waals surface area contributed by atoms with Gasteiger partial charge in [-0.1, -0.05) is 4.98 Å². The SMILES string of the molecule is COC(=O)NC[C@H]1[C@@H](O)[C@H]([n+]2cn(C)c3c(=O)[nH]c(N)nc32)O[C@@H]1COP(=O)(O)OP(=O)(O)OP(=O)(O)OC[C@H]1O[C@@H](n2cnc3c(N)ncnc32)[C@H](OC)[C@@H]1OP(=O)(O)OC[C@H]1O[C@@H](n2ccc(=O)[nH]c2=O)[C@H](O)[C@@H]1O. The molecule has 3 fully saturated rings. The largest absolute Gasteiger partial charge is 0.490 e. The summed E-state index contributed by atoms with van der Waals surface area (Å²) in [7, 11) is -20.0. The van der Waals surface area contributed by atoms with Gasteiger partial charge in [-0.05, 0) is 0 Å². The summed E-state index contributed by atoms with van der Waals surface area (Å²) in [5, 5.41) is 35.0. The Bertz CT molecular complexity index is 3390. The molecule has 424 valence electrons. The third kappa shape index (κ3) is 12.6. The molecule has 0 aliphatic carbocycles. The number of phosphoric acid groups is 4. The molecule has 4 unspecified atom stereocenters.